The molecule has 0 saturated carbocycles. The summed E-state index contributed by atoms with van der Waals surface area (Å²) in [5.74, 6) is 0. The van der Waals surface area contributed by atoms with E-state index in [-0.39, 0.29) is 4.83 Å². The Kier molecular flexibility index (Phi) is 3.23. The van der Waals surface area contributed by atoms with Crippen LogP contribution in [-0.2, 0) is 0 Å². The van der Waals surface area contributed by atoms with Crippen LogP contribution in [0, 0.1) is 0 Å². The van der Waals surface area contributed by atoms with E-state index in [0.29, 0.717) is 10.0 Å². The van der Waals surface area contributed by atoms with E-state index >= 15 is 0 Å². The Balaban J connectivity index is 3.21. The molecule has 1 aromatic rings. The van der Waals surface area contributed by atoms with Crippen molar-refractivity contribution >= 4 is 39.1 Å². The average molecular weight is 254 g/mol. The molecule has 3 heteroatoms. The molecule has 11 heavy (non-hydrogen) atoms. The Labute approximate surface area is 84.6 Å². The van der Waals surface area contributed by atoms with Gasteiger partial charge in [-0.05, 0) is 19.1 Å². The summed E-state index contributed by atoms with van der Waals surface area (Å²) in [4.78, 5) is 0.198. The molecule has 0 unspecified atom stereocenters. The van der Waals surface area contributed by atoms with E-state index in [2.05, 4.69) is 15.9 Å². The van der Waals surface area contributed by atoms with E-state index in [1.807, 2.05) is 25.1 Å². The van der Waals surface area contributed by atoms with Crippen molar-refractivity contribution < 1.29 is 0 Å². The average Bonchev–Trinajstić information content (AvgIpc) is 1.85. The molecular weight excluding hydrogens is 247 g/mol. The van der Waals surface area contributed by atoms with Crippen molar-refractivity contribution in [3.8, 4) is 0 Å². The van der Waals surface area contributed by atoms with Crippen molar-refractivity contribution in [2.24, 2.45) is 0 Å². The molecule has 0 aliphatic carbocycles. The molecule has 0 aliphatic heterocycles. The Morgan fingerprint density at radius 2 is 1.73 bits per heavy atom. The number of alkyl halides is 1. The number of rotatable bonds is 1. The molecule has 0 N–H and O–H groups in total. The van der Waals surface area contributed by atoms with Crippen LogP contribution < -0.4 is 0 Å². The first-order chi connectivity index (χ1) is 5.13. The third-order valence-corrected chi connectivity index (χ3v) is 2.51. The molecule has 0 nitrogen and oxygen atoms in total. The Morgan fingerprint density at radius 3 is 2.00 bits per heavy atom. The maximum absolute atomic E-state index is 5.91. The van der Waals surface area contributed by atoms with Gasteiger partial charge in [-0.25, -0.2) is 0 Å². The van der Waals surface area contributed by atoms with Crippen LogP contribution in [-0.4, -0.2) is 0 Å². The molecule has 0 amide bonds. The van der Waals surface area contributed by atoms with Crippen molar-refractivity contribution in [2.45, 2.75) is 11.8 Å². The molecule has 0 bridgehead atoms. The van der Waals surface area contributed by atoms with Crippen LogP contribution in [0.5, 0.6) is 0 Å². The van der Waals surface area contributed by atoms with Crippen LogP contribution in [0.25, 0.3) is 0 Å². The van der Waals surface area contributed by atoms with E-state index in [1.54, 1.807) is 0 Å². The van der Waals surface area contributed by atoms with E-state index in [4.69, 9.17) is 23.2 Å². The summed E-state index contributed by atoms with van der Waals surface area (Å²) >= 11 is 15.2. The lowest BCUT2D eigenvalue weighted by Gasteiger charge is -2.07. The lowest BCUT2D eigenvalue weighted by molar-refractivity contribution is 1.12. The standard InChI is InChI=1S/C8H7BrCl2/c1-5(9)8-6(10)3-2-4-7(8)11/h2-5H,1H3/t5-/m1/s1. The second-order valence-electron chi connectivity index (χ2n) is 2.25. The zero-order valence-corrected chi connectivity index (χ0v) is 9.04. The summed E-state index contributed by atoms with van der Waals surface area (Å²) in [6.07, 6.45) is 0. The van der Waals surface area contributed by atoms with Crippen molar-refractivity contribution in [1.82, 2.24) is 0 Å². The minimum absolute atomic E-state index is 0.198. The van der Waals surface area contributed by atoms with Gasteiger partial charge < -0.3 is 0 Å². The summed E-state index contributed by atoms with van der Waals surface area (Å²) < 4.78 is 0. The monoisotopic (exact) mass is 252 g/mol. The first kappa shape index (κ1) is 9.37. The first-order valence-corrected chi connectivity index (χ1v) is 4.88. The third kappa shape index (κ3) is 2.11. The summed E-state index contributed by atoms with van der Waals surface area (Å²) in [7, 11) is 0. The van der Waals surface area contributed by atoms with Crippen LogP contribution >= 0.6 is 39.1 Å². The van der Waals surface area contributed by atoms with E-state index < -0.39 is 0 Å². The molecule has 0 aliphatic rings. The smallest absolute Gasteiger partial charge is 0.0464 e. The maximum Gasteiger partial charge on any atom is 0.0464 e. The lowest BCUT2D eigenvalue weighted by Crippen LogP contribution is -1.86. The zero-order valence-electron chi connectivity index (χ0n) is 5.94. The maximum atomic E-state index is 5.91. The fourth-order valence-corrected chi connectivity index (χ4v) is 2.37. The van der Waals surface area contributed by atoms with Gasteiger partial charge in [0.2, 0.25) is 0 Å². The van der Waals surface area contributed by atoms with Crippen LogP contribution in [0.1, 0.15) is 17.3 Å². The highest BCUT2D eigenvalue weighted by Gasteiger charge is 2.09. The second-order valence-corrected chi connectivity index (χ2v) is 4.44. The second kappa shape index (κ2) is 3.79. The van der Waals surface area contributed by atoms with E-state index in [0.717, 1.165) is 5.56 Å². The molecule has 1 rings (SSSR count). The molecule has 1 aromatic carbocycles. The molecule has 0 heterocycles. The molecule has 0 saturated heterocycles. The highest BCUT2D eigenvalue weighted by Crippen LogP contribution is 2.34. The summed E-state index contributed by atoms with van der Waals surface area (Å²) in [5.41, 5.74) is 0.954. The van der Waals surface area contributed by atoms with Crippen LogP contribution in [0.4, 0.5) is 0 Å². The Bertz CT molecular complexity index is 238. The topological polar surface area (TPSA) is 0 Å². The summed E-state index contributed by atoms with van der Waals surface area (Å²) in [6, 6.07) is 5.50. The molecule has 60 valence electrons. The lowest BCUT2D eigenvalue weighted by atomic mass is 10.2. The van der Waals surface area contributed by atoms with Gasteiger partial charge in [-0.1, -0.05) is 45.2 Å². The largest absolute Gasteiger partial charge is 0.0841 e. The number of hydrogen-bond acceptors (Lipinski definition) is 0. The number of halogens is 3. The molecule has 1 atom stereocenters. The highest BCUT2D eigenvalue weighted by molar-refractivity contribution is 9.09. The predicted molar refractivity (Wildman–Crippen MR) is 53.8 cm³/mol. The van der Waals surface area contributed by atoms with Gasteiger partial charge in [0.05, 0.1) is 0 Å². The van der Waals surface area contributed by atoms with E-state index in [9.17, 15) is 0 Å². The van der Waals surface area contributed by atoms with Gasteiger partial charge in [0.25, 0.3) is 0 Å². The van der Waals surface area contributed by atoms with Gasteiger partial charge in [-0.15, -0.1) is 0 Å². The normalized spacial score (nSPS) is 13.1. The number of benzene rings is 1. The van der Waals surface area contributed by atoms with Gasteiger partial charge in [0.15, 0.2) is 0 Å². The Hall–Kier alpha value is 0.280. The van der Waals surface area contributed by atoms with Gasteiger partial charge in [0, 0.05) is 20.4 Å². The fourth-order valence-electron chi connectivity index (χ4n) is 0.891. The van der Waals surface area contributed by atoms with Gasteiger partial charge in [-0.2, -0.15) is 0 Å². The molecule has 0 radical (unpaired) electrons. The SMILES string of the molecule is C[C@@H](Br)c1c(Cl)cccc1Cl. The molecule has 0 fully saturated rings. The van der Waals surface area contributed by atoms with Crippen molar-refractivity contribution in [1.29, 1.82) is 0 Å². The van der Waals surface area contributed by atoms with Crippen molar-refractivity contribution in [3.05, 3.63) is 33.8 Å². The minimum atomic E-state index is 0.198. The van der Waals surface area contributed by atoms with Gasteiger partial charge in [0.1, 0.15) is 0 Å². The molecule has 0 spiro atoms. The van der Waals surface area contributed by atoms with Crippen LogP contribution in [0.3, 0.4) is 0 Å². The van der Waals surface area contributed by atoms with Gasteiger partial charge >= 0.3 is 0 Å². The molecular formula is C8H7BrCl2. The highest BCUT2D eigenvalue weighted by atomic mass is 79.9. The summed E-state index contributed by atoms with van der Waals surface area (Å²) in [6.45, 7) is 1.99. The van der Waals surface area contributed by atoms with Crippen LogP contribution in [0.15, 0.2) is 18.2 Å². The molecule has 0 aromatic heterocycles. The summed E-state index contributed by atoms with van der Waals surface area (Å²) in [5, 5.41) is 1.42. The first-order valence-electron chi connectivity index (χ1n) is 3.21. The zero-order chi connectivity index (χ0) is 8.43. The predicted octanol–water partition coefficient (Wildman–Crippen LogP) is 4.45. The quantitative estimate of drug-likeness (QED) is 0.649. The Morgan fingerprint density at radius 1 is 1.27 bits per heavy atom. The fraction of sp³-hybridized carbons (Fsp3) is 0.250. The minimum Gasteiger partial charge on any atom is -0.0841 e. The van der Waals surface area contributed by atoms with Crippen LogP contribution in [0.2, 0.25) is 10.0 Å². The van der Waals surface area contributed by atoms with Gasteiger partial charge in [-0.3, -0.25) is 0 Å². The van der Waals surface area contributed by atoms with Crippen molar-refractivity contribution in [2.75, 3.05) is 0 Å². The van der Waals surface area contributed by atoms with Crippen molar-refractivity contribution in [3.63, 3.8) is 0 Å². The van der Waals surface area contributed by atoms with E-state index in [1.165, 1.54) is 0 Å². The number of hydrogen-bond donors (Lipinski definition) is 0. The third-order valence-electron chi connectivity index (χ3n) is 1.40.